The Bertz CT molecular complexity index is 470. The second-order valence-corrected chi connectivity index (χ2v) is 4.12. The zero-order valence-electron chi connectivity index (χ0n) is 7.76. The Balaban J connectivity index is 2.46. The largest absolute Gasteiger partial charge is 0.300 e. The van der Waals surface area contributed by atoms with Gasteiger partial charge < -0.3 is 0 Å². The summed E-state index contributed by atoms with van der Waals surface area (Å²) in [5, 5.41) is 9.26. The van der Waals surface area contributed by atoms with Gasteiger partial charge in [-0.2, -0.15) is 5.26 Å². The normalized spacial score (nSPS) is 18.1. The number of hydrogen-bond acceptors (Lipinski definition) is 2. The first-order valence-electron chi connectivity index (χ1n) is 4.46. The standard InChI is InChI=1S/C11H7ClFNO/c12-10-3-7(13)1-2-9(10)11(6-14)4-8(15)5-11/h1-3H,4-5H2. The molecular formula is C11H7ClFNO. The summed E-state index contributed by atoms with van der Waals surface area (Å²) in [6.45, 7) is 0. The van der Waals surface area contributed by atoms with Gasteiger partial charge in [-0.25, -0.2) is 4.39 Å². The summed E-state index contributed by atoms with van der Waals surface area (Å²) in [5.74, 6) is -0.403. The van der Waals surface area contributed by atoms with Crippen LogP contribution in [0.25, 0.3) is 0 Å². The van der Waals surface area contributed by atoms with Crippen LogP contribution in [0.5, 0.6) is 0 Å². The van der Waals surface area contributed by atoms with Gasteiger partial charge in [-0.3, -0.25) is 4.79 Å². The SMILES string of the molecule is N#CC1(c2ccc(F)cc2Cl)CC(=O)C1. The molecule has 0 aliphatic heterocycles. The highest BCUT2D eigenvalue weighted by atomic mass is 35.5. The molecule has 0 radical (unpaired) electrons. The maximum absolute atomic E-state index is 12.8. The van der Waals surface area contributed by atoms with Gasteiger partial charge in [0.2, 0.25) is 0 Å². The van der Waals surface area contributed by atoms with Crippen LogP contribution in [0.2, 0.25) is 5.02 Å². The van der Waals surface area contributed by atoms with Crippen molar-refractivity contribution in [2.75, 3.05) is 0 Å². The van der Waals surface area contributed by atoms with Crippen LogP contribution in [0.4, 0.5) is 4.39 Å². The highest BCUT2D eigenvalue weighted by Crippen LogP contribution is 2.43. The second-order valence-electron chi connectivity index (χ2n) is 3.71. The number of nitrogens with zero attached hydrogens (tertiary/aromatic N) is 1. The molecule has 1 aromatic rings. The molecule has 0 bridgehead atoms. The van der Waals surface area contributed by atoms with Crippen molar-refractivity contribution in [1.82, 2.24) is 0 Å². The van der Waals surface area contributed by atoms with E-state index < -0.39 is 11.2 Å². The Morgan fingerprint density at radius 2 is 2.13 bits per heavy atom. The summed E-state index contributed by atoms with van der Waals surface area (Å²) in [6.07, 6.45) is 0.351. The molecule has 1 aliphatic rings. The summed E-state index contributed by atoms with van der Waals surface area (Å²) < 4.78 is 12.8. The molecular weight excluding hydrogens is 217 g/mol. The van der Waals surface area contributed by atoms with Crippen LogP contribution in [0.1, 0.15) is 18.4 Å². The summed E-state index contributed by atoms with van der Waals surface area (Å²) in [6, 6.07) is 5.99. The van der Waals surface area contributed by atoms with Gasteiger partial charge in [0.05, 0.1) is 11.5 Å². The van der Waals surface area contributed by atoms with E-state index in [4.69, 9.17) is 16.9 Å². The van der Waals surface area contributed by atoms with Crippen molar-refractivity contribution in [3.8, 4) is 6.07 Å². The molecule has 76 valence electrons. The van der Waals surface area contributed by atoms with Crippen LogP contribution in [0, 0.1) is 17.1 Å². The zero-order valence-corrected chi connectivity index (χ0v) is 8.51. The van der Waals surface area contributed by atoms with Gasteiger partial charge in [0.15, 0.2) is 0 Å². The average molecular weight is 224 g/mol. The molecule has 2 nitrogen and oxygen atoms in total. The van der Waals surface area contributed by atoms with Gasteiger partial charge in [0.25, 0.3) is 0 Å². The number of benzene rings is 1. The van der Waals surface area contributed by atoms with E-state index >= 15 is 0 Å². The summed E-state index contributed by atoms with van der Waals surface area (Å²) >= 11 is 5.85. The first-order chi connectivity index (χ1) is 7.07. The molecule has 0 heterocycles. The minimum Gasteiger partial charge on any atom is -0.300 e. The maximum atomic E-state index is 12.8. The van der Waals surface area contributed by atoms with E-state index in [1.54, 1.807) is 0 Å². The van der Waals surface area contributed by atoms with Crippen molar-refractivity contribution >= 4 is 17.4 Å². The van der Waals surface area contributed by atoms with Crippen molar-refractivity contribution < 1.29 is 9.18 Å². The smallest absolute Gasteiger partial charge is 0.136 e. The molecule has 0 aromatic heterocycles. The summed E-state index contributed by atoms with van der Waals surface area (Å²) in [5.41, 5.74) is -0.283. The van der Waals surface area contributed by atoms with Crippen molar-refractivity contribution in [3.05, 3.63) is 34.6 Å². The van der Waals surface area contributed by atoms with Gasteiger partial charge >= 0.3 is 0 Å². The third-order valence-corrected chi connectivity index (χ3v) is 2.97. The fourth-order valence-corrected chi connectivity index (χ4v) is 2.18. The minimum atomic E-state index is -0.831. The molecule has 4 heteroatoms. The lowest BCUT2D eigenvalue weighted by Crippen LogP contribution is -2.40. The molecule has 0 N–H and O–H groups in total. The molecule has 15 heavy (non-hydrogen) atoms. The molecule has 0 saturated heterocycles. The van der Waals surface area contributed by atoms with Crippen molar-refractivity contribution in [1.29, 1.82) is 5.26 Å². The van der Waals surface area contributed by atoms with Gasteiger partial charge in [0.1, 0.15) is 11.6 Å². The van der Waals surface area contributed by atoms with Crippen LogP contribution < -0.4 is 0 Å². The first-order valence-corrected chi connectivity index (χ1v) is 4.84. The lowest BCUT2D eigenvalue weighted by molar-refractivity contribution is -0.126. The van der Waals surface area contributed by atoms with Gasteiger partial charge in [0, 0.05) is 17.9 Å². The highest BCUT2D eigenvalue weighted by Gasteiger charge is 2.46. The monoisotopic (exact) mass is 223 g/mol. The van der Waals surface area contributed by atoms with Crippen LogP contribution in [0.3, 0.4) is 0 Å². The molecule has 2 rings (SSSR count). The first kappa shape index (κ1) is 10.1. The van der Waals surface area contributed by atoms with E-state index in [9.17, 15) is 9.18 Å². The van der Waals surface area contributed by atoms with E-state index in [0.717, 1.165) is 0 Å². The molecule has 0 amide bonds. The number of hydrogen-bond donors (Lipinski definition) is 0. The molecule has 1 saturated carbocycles. The minimum absolute atomic E-state index is 0.0388. The molecule has 1 aliphatic carbocycles. The molecule has 1 fully saturated rings. The molecule has 0 spiro atoms. The van der Waals surface area contributed by atoms with E-state index in [1.807, 2.05) is 0 Å². The Hall–Kier alpha value is -1.40. The van der Waals surface area contributed by atoms with E-state index in [0.29, 0.717) is 5.56 Å². The summed E-state index contributed by atoms with van der Waals surface area (Å²) in [4.78, 5) is 11.0. The number of ketones is 1. The van der Waals surface area contributed by atoms with Gasteiger partial charge in [-0.05, 0) is 17.7 Å². The Morgan fingerprint density at radius 1 is 1.47 bits per heavy atom. The number of halogens is 2. The topological polar surface area (TPSA) is 40.9 Å². The lowest BCUT2D eigenvalue weighted by Gasteiger charge is -2.34. The molecule has 0 atom stereocenters. The predicted molar refractivity (Wildman–Crippen MR) is 52.9 cm³/mol. The predicted octanol–water partition coefficient (Wildman–Crippen LogP) is 2.60. The van der Waals surface area contributed by atoms with Crippen LogP contribution in [0.15, 0.2) is 18.2 Å². The fourth-order valence-electron chi connectivity index (χ4n) is 1.83. The quantitative estimate of drug-likeness (QED) is 0.734. The lowest BCUT2D eigenvalue weighted by atomic mass is 9.65. The zero-order chi connectivity index (χ0) is 11.1. The van der Waals surface area contributed by atoms with Gasteiger partial charge in [-0.15, -0.1) is 0 Å². The van der Waals surface area contributed by atoms with Crippen molar-refractivity contribution in [2.24, 2.45) is 0 Å². The second kappa shape index (κ2) is 3.32. The Morgan fingerprint density at radius 3 is 2.60 bits per heavy atom. The van der Waals surface area contributed by atoms with Crippen LogP contribution in [-0.4, -0.2) is 5.78 Å². The van der Waals surface area contributed by atoms with Crippen molar-refractivity contribution in [2.45, 2.75) is 18.3 Å². The third kappa shape index (κ3) is 1.51. The molecule has 0 unspecified atom stereocenters. The fraction of sp³-hybridized carbons (Fsp3) is 0.273. The average Bonchev–Trinajstić information content (AvgIpc) is 2.13. The van der Waals surface area contributed by atoms with Crippen LogP contribution >= 0.6 is 11.6 Å². The number of carbonyl (C=O) groups excluding carboxylic acids is 1. The number of carbonyl (C=O) groups is 1. The number of rotatable bonds is 1. The van der Waals surface area contributed by atoms with E-state index in [1.165, 1.54) is 18.2 Å². The van der Waals surface area contributed by atoms with Crippen LogP contribution in [-0.2, 0) is 10.2 Å². The number of Topliss-reactive ketones (excluding diaryl/α,β-unsaturated/α-hetero) is 1. The third-order valence-electron chi connectivity index (χ3n) is 2.66. The molecule has 1 aromatic carbocycles. The van der Waals surface area contributed by atoms with E-state index in [-0.39, 0.29) is 23.6 Å². The Labute approximate surface area is 91.3 Å². The van der Waals surface area contributed by atoms with E-state index in [2.05, 4.69) is 6.07 Å². The Kier molecular flexibility index (Phi) is 2.24. The van der Waals surface area contributed by atoms with Gasteiger partial charge in [-0.1, -0.05) is 17.7 Å². The number of nitriles is 1. The summed E-state index contributed by atoms with van der Waals surface area (Å²) in [7, 11) is 0. The highest BCUT2D eigenvalue weighted by molar-refractivity contribution is 6.31. The van der Waals surface area contributed by atoms with Crippen molar-refractivity contribution in [3.63, 3.8) is 0 Å². The maximum Gasteiger partial charge on any atom is 0.136 e.